The van der Waals surface area contributed by atoms with Crippen molar-refractivity contribution in [2.45, 2.75) is 25.9 Å². The van der Waals surface area contributed by atoms with E-state index in [0.717, 1.165) is 12.8 Å². The number of rotatable bonds is 6. The molecule has 0 aromatic carbocycles. The number of hydrogen-bond acceptors (Lipinski definition) is 4. The van der Waals surface area contributed by atoms with E-state index in [4.69, 9.17) is 9.15 Å². The molecule has 0 aliphatic heterocycles. The number of furan rings is 1. The Balaban J connectivity index is 2.47. The zero-order chi connectivity index (χ0) is 12.0. The first kappa shape index (κ1) is 12.5. The van der Waals surface area contributed by atoms with Crippen molar-refractivity contribution in [1.82, 2.24) is 0 Å². The fraction of sp³-hybridized carbons (Fsp3) is 0.417. The lowest BCUT2D eigenvalue weighted by atomic mass is 10.1. The average Bonchev–Trinajstić information content (AvgIpc) is 2.80. The number of aliphatic hydroxyl groups is 1. The highest BCUT2D eigenvalue weighted by Gasteiger charge is 2.20. The van der Waals surface area contributed by atoms with E-state index in [1.807, 2.05) is 6.92 Å². The van der Waals surface area contributed by atoms with Crippen LogP contribution in [0.2, 0.25) is 0 Å². The third-order valence-corrected chi connectivity index (χ3v) is 2.18. The second kappa shape index (κ2) is 6.12. The SMILES string of the molecule is C=C(C(=O)OCCCC)C(O)c1ccoc1. The molecule has 1 aromatic heterocycles. The predicted octanol–water partition coefficient (Wildman–Crippen LogP) is 2.21. The van der Waals surface area contributed by atoms with Crippen molar-refractivity contribution in [1.29, 1.82) is 0 Å². The van der Waals surface area contributed by atoms with Crippen molar-refractivity contribution >= 4 is 5.97 Å². The smallest absolute Gasteiger partial charge is 0.336 e. The van der Waals surface area contributed by atoms with Crippen LogP contribution in [0, 0.1) is 0 Å². The molecule has 0 saturated heterocycles. The molecule has 88 valence electrons. The molecule has 1 rings (SSSR count). The molecule has 4 nitrogen and oxygen atoms in total. The molecule has 0 amide bonds. The number of carbonyl (C=O) groups excluding carboxylic acids is 1. The molecular weight excluding hydrogens is 208 g/mol. The van der Waals surface area contributed by atoms with E-state index in [2.05, 4.69) is 6.58 Å². The summed E-state index contributed by atoms with van der Waals surface area (Å²) < 4.78 is 9.75. The van der Waals surface area contributed by atoms with Gasteiger partial charge in [-0.2, -0.15) is 0 Å². The first-order valence-corrected chi connectivity index (χ1v) is 5.23. The Morgan fingerprint density at radius 3 is 3.00 bits per heavy atom. The Bertz CT molecular complexity index is 340. The molecule has 0 radical (unpaired) electrons. The van der Waals surface area contributed by atoms with Gasteiger partial charge in [-0.1, -0.05) is 19.9 Å². The van der Waals surface area contributed by atoms with Crippen LogP contribution in [-0.2, 0) is 9.53 Å². The maximum Gasteiger partial charge on any atom is 0.336 e. The molecule has 1 atom stereocenters. The van der Waals surface area contributed by atoms with E-state index >= 15 is 0 Å². The Labute approximate surface area is 94.5 Å². The van der Waals surface area contributed by atoms with Crippen LogP contribution in [0.5, 0.6) is 0 Å². The third kappa shape index (κ3) is 3.24. The highest BCUT2D eigenvalue weighted by molar-refractivity contribution is 5.89. The summed E-state index contributed by atoms with van der Waals surface area (Å²) in [5.41, 5.74) is 0.523. The van der Waals surface area contributed by atoms with E-state index in [-0.39, 0.29) is 5.57 Å². The lowest BCUT2D eigenvalue weighted by Crippen LogP contribution is -2.14. The first-order valence-electron chi connectivity index (χ1n) is 5.23. The van der Waals surface area contributed by atoms with Crippen molar-refractivity contribution in [3.63, 3.8) is 0 Å². The summed E-state index contributed by atoms with van der Waals surface area (Å²) in [6, 6.07) is 1.58. The maximum absolute atomic E-state index is 11.4. The molecule has 1 aromatic rings. The molecule has 0 aliphatic rings. The molecule has 0 spiro atoms. The number of carbonyl (C=O) groups is 1. The Morgan fingerprint density at radius 1 is 1.69 bits per heavy atom. The molecule has 0 fully saturated rings. The average molecular weight is 224 g/mol. The quantitative estimate of drug-likeness (QED) is 0.457. The van der Waals surface area contributed by atoms with E-state index in [0.29, 0.717) is 12.2 Å². The minimum atomic E-state index is -1.06. The minimum absolute atomic E-state index is 0.0255. The summed E-state index contributed by atoms with van der Waals surface area (Å²) in [7, 11) is 0. The topological polar surface area (TPSA) is 59.7 Å². The van der Waals surface area contributed by atoms with Gasteiger partial charge in [0, 0.05) is 5.56 Å². The first-order chi connectivity index (χ1) is 7.66. The standard InChI is InChI=1S/C12H16O4/c1-3-4-6-16-12(14)9(2)11(13)10-5-7-15-8-10/h5,7-8,11,13H,2-4,6H2,1H3. The summed E-state index contributed by atoms with van der Waals surface area (Å²) in [4.78, 5) is 11.4. The van der Waals surface area contributed by atoms with Gasteiger partial charge in [0.1, 0.15) is 6.10 Å². The Morgan fingerprint density at radius 2 is 2.44 bits per heavy atom. The molecule has 16 heavy (non-hydrogen) atoms. The Kier molecular flexibility index (Phi) is 4.79. The van der Waals surface area contributed by atoms with E-state index in [9.17, 15) is 9.90 Å². The van der Waals surface area contributed by atoms with Gasteiger partial charge in [0.15, 0.2) is 0 Å². The monoisotopic (exact) mass is 224 g/mol. The Hall–Kier alpha value is -1.55. The van der Waals surface area contributed by atoms with Gasteiger partial charge in [-0.05, 0) is 12.5 Å². The molecule has 1 heterocycles. The van der Waals surface area contributed by atoms with Crippen LogP contribution in [0.4, 0.5) is 0 Å². The molecule has 0 aliphatic carbocycles. The summed E-state index contributed by atoms with van der Waals surface area (Å²) in [5.74, 6) is -0.567. The third-order valence-electron chi connectivity index (χ3n) is 2.18. The predicted molar refractivity (Wildman–Crippen MR) is 58.7 cm³/mol. The van der Waals surface area contributed by atoms with E-state index in [1.165, 1.54) is 12.5 Å². The summed E-state index contributed by atoms with van der Waals surface area (Å²) >= 11 is 0. The van der Waals surface area contributed by atoms with Gasteiger partial charge in [-0.3, -0.25) is 0 Å². The van der Waals surface area contributed by atoms with Gasteiger partial charge < -0.3 is 14.3 Å². The van der Waals surface area contributed by atoms with Crippen molar-refractivity contribution in [3.05, 3.63) is 36.3 Å². The zero-order valence-corrected chi connectivity index (χ0v) is 9.31. The second-order valence-corrected chi connectivity index (χ2v) is 3.47. The second-order valence-electron chi connectivity index (χ2n) is 3.47. The van der Waals surface area contributed by atoms with Crippen LogP contribution in [0.3, 0.4) is 0 Å². The summed E-state index contributed by atoms with van der Waals surface area (Å²) in [5, 5.41) is 9.74. The molecule has 1 unspecified atom stereocenters. The van der Waals surface area contributed by atoms with Gasteiger partial charge in [-0.25, -0.2) is 4.79 Å². The largest absolute Gasteiger partial charge is 0.472 e. The summed E-state index contributed by atoms with van der Waals surface area (Å²) in [6.45, 7) is 5.88. The van der Waals surface area contributed by atoms with Gasteiger partial charge in [-0.15, -0.1) is 0 Å². The van der Waals surface area contributed by atoms with Crippen molar-refractivity contribution in [3.8, 4) is 0 Å². The number of aliphatic hydroxyl groups excluding tert-OH is 1. The molecule has 4 heteroatoms. The van der Waals surface area contributed by atoms with Crippen LogP contribution in [0.25, 0.3) is 0 Å². The molecule has 0 bridgehead atoms. The molecular formula is C12H16O4. The minimum Gasteiger partial charge on any atom is -0.472 e. The molecule has 1 N–H and O–H groups in total. The highest BCUT2D eigenvalue weighted by Crippen LogP contribution is 2.21. The van der Waals surface area contributed by atoms with Crippen LogP contribution < -0.4 is 0 Å². The van der Waals surface area contributed by atoms with Crippen LogP contribution in [0.15, 0.2) is 35.2 Å². The summed E-state index contributed by atoms with van der Waals surface area (Å²) in [6.07, 6.45) is 3.49. The maximum atomic E-state index is 11.4. The van der Waals surface area contributed by atoms with Crippen molar-refractivity contribution in [2.24, 2.45) is 0 Å². The van der Waals surface area contributed by atoms with Gasteiger partial charge in [0.25, 0.3) is 0 Å². The van der Waals surface area contributed by atoms with Crippen molar-refractivity contribution in [2.75, 3.05) is 6.61 Å². The number of esters is 1. The van der Waals surface area contributed by atoms with Crippen molar-refractivity contribution < 1.29 is 19.1 Å². The highest BCUT2D eigenvalue weighted by atomic mass is 16.5. The zero-order valence-electron chi connectivity index (χ0n) is 9.31. The van der Waals surface area contributed by atoms with Gasteiger partial charge in [0.2, 0.25) is 0 Å². The molecule has 0 saturated carbocycles. The van der Waals surface area contributed by atoms with E-state index in [1.54, 1.807) is 6.07 Å². The lowest BCUT2D eigenvalue weighted by molar-refractivity contribution is -0.140. The van der Waals surface area contributed by atoms with Gasteiger partial charge >= 0.3 is 5.97 Å². The van der Waals surface area contributed by atoms with Gasteiger partial charge in [0.05, 0.1) is 24.7 Å². The number of ether oxygens (including phenoxy) is 1. The lowest BCUT2D eigenvalue weighted by Gasteiger charge is -2.11. The van der Waals surface area contributed by atoms with Crippen LogP contribution in [0.1, 0.15) is 31.4 Å². The number of hydrogen-bond donors (Lipinski definition) is 1. The number of unbranched alkanes of at least 4 members (excludes halogenated alkanes) is 1. The fourth-order valence-corrected chi connectivity index (χ4v) is 1.15. The fourth-order valence-electron chi connectivity index (χ4n) is 1.15. The van der Waals surface area contributed by atoms with Crippen LogP contribution >= 0.6 is 0 Å². The van der Waals surface area contributed by atoms with Crippen LogP contribution in [-0.4, -0.2) is 17.7 Å². The normalized spacial score (nSPS) is 12.1. The van der Waals surface area contributed by atoms with E-state index < -0.39 is 12.1 Å².